The standard InChI is InChI=1S/C16H12N6O/c23-15(11-5-2-1-3-6-11)20-16-19-14-8-4-7-13(22(14)21-16)12-9-17-18-10-12/h1-10H,(H,17,18)(H,20,21,23). The highest BCUT2D eigenvalue weighted by molar-refractivity contribution is 6.03. The minimum absolute atomic E-state index is 0.244. The largest absolute Gasteiger partial charge is 0.289 e. The number of benzene rings is 1. The first-order chi connectivity index (χ1) is 11.3. The molecule has 7 nitrogen and oxygen atoms in total. The van der Waals surface area contributed by atoms with Crippen molar-refractivity contribution in [3.63, 3.8) is 0 Å². The van der Waals surface area contributed by atoms with E-state index in [1.807, 2.05) is 36.4 Å². The van der Waals surface area contributed by atoms with E-state index in [4.69, 9.17) is 0 Å². The van der Waals surface area contributed by atoms with Gasteiger partial charge in [0.15, 0.2) is 5.65 Å². The van der Waals surface area contributed by atoms with E-state index < -0.39 is 0 Å². The molecule has 112 valence electrons. The minimum Gasteiger partial charge on any atom is -0.289 e. The second-order valence-electron chi connectivity index (χ2n) is 4.92. The van der Waals surface area contributed by atoms with Gasteiger partial charge in [-0.3, -0.25) is 15.2 Å². The third-order valence-corrected chi connectivity index (χ3v) is 3.42. The Morgan fingerprint density at radius 2 is 1.96 bits per heavy atom. The molecule has 4 rings (SSSR count). The molecule has 0 saturated heterocycles. The predicted molar refractivity (Wildman–Crippen MR) is 85.0 cm³/mol. The van der Waals surface area contributed by atoms with Crippen LogP contribution in [-0.2, 0) is 0 Å². The number of H-pyrrole nitrogens is 1. The van der Waals surface area contributed by atoms with Crippen LogP contribution >= 0.6 is 0 Å². The van der Waals surface area contributed by atoms with Crippen molar-refractivity contribution in [1.29, 1.82) is 0 Å². The lowest BCUT2D eigenvalue weighted by atomic mass is 10.2. The molecule has 0 unspecified atom stereocenters. The summed E-state index contributed by atoms with van der Waals surface area (Å²) in [5.41, 5.74) is 2.93. The number of carbonyl (C=O) groups excluding carboxylic acids is 1. The number of hydrogen-bond acceptors (Lipinski definition) is 4. The van der Waals surface area contributed by atoms with Gasteiger partial charge in [0.2, 0.25) is 5.95 Å². The zero-order chi connectivity index (χ0) is 15.6. The molecule has 0 aliphatic carbocycles. The van der Waals surface area contributed by atoms with Crippen molar-refractivity contribution < 1.29 is 4.79 Å². The number of amides is 1. The van der Waals surface area contributed by atoms with Crippen LogP contribution in [0.4, 0.5) is 5.95 Å². The van der Waals surface area contributed by atoms with Gasteiger partial charge in [0, 0.05) is 17.3 Å². The lowest BCUT2D eigenvalue weighted by molar-refractivity contribution is 0.102. The van der Waals surface area contributed by atoms with Crippen molar-refractivity contribution >= 4 is 17.5 Å². The van der Waals surface area contributed by atoms with Gasteiger partial charge in [-0.15, -0.1) is 5.10 Å². The van der Waals surface area contributed by atoms with Crippen molar-refractivity contribution in [1.82, 2.24) is 24.8 Å². The third-order valence-electron chi connectivity index (χ3n) is 3.42. The van der Waals surface area contributed by atoms with Gasteiger partial charge in [-0.25, -0.2) is 4.52 Å². The van der Waals surface area contributed by atoms with E-state index in [9.17, 15) is 4.79 Å². The molecule has 1 amide bonds. The van der Waals surface area contributed by atoms with E-state index >= 15 is 0 Å². The monoisotopic (exact) mass is 304 g/mol. The lowest BCUT2D eigenvalue weighted by Crippen LogP contribution is -2.12. The first-order valence-corrected chi connectivity index (χ1v) is 7.02. The molecule has 0 spiro atoms. The second-order valence-corrected chi connectivity index (χ2v) is 4.92. The predicted octanol–water partition coefficient (Wildman–Crippen LogP) is 2.37. The number of fused-ring (bicyclic) bond motifs is 1. The summed E-state index contributed by atoms with van der Waals surface area (Å²) in [5, 5.41) is 13.8. The maximum absolute atomic E-state index is 12.2. The SMILES string of the molecule is O=C(Nc1nc2cccc(-c3cn[nH]c3)n2n1)c1ccccc1. The Bertz CT molecular complexity index is 959. The maximum atomic E-state index is 12.2. The summed E-state index contributed by atoms with van der Waals surface area (Å²) in [4.78, 5) is 16.5. The van der Waals surface area contributed by atoms with Crippen molar-refractivity contribution in [2.45, 2.75) is 0 Å². The van der Waals surface area contributed by atoms with Crippen LogP contribution in [-0.4, -0.2) is 30.7 Å². The number of carbonyl (C=O) groups is 1. The van der Waals surface area contributed by atoms with E-state index in [0.717, 1.165) is 11.3 Å². The Morgan fingerprint density at radius 1 is 1.09 bits per heavy atom. The number of rotatable bonds is 3. The van der Waals surface area contributed by atoms with Crippen LogP contribution < -0.4 is 5.32 Å². The molecule has 1 aromatic carbocycles. The number of nitrogens with zero attached hydrogens (tertiary/aromatic N) is 4. The zero-order valence-electron chi connectivity index (χ0n) is 12.0. The van der Waals surface area contributed by atoms with Crippen LogP contribution in [0.15, 0.2) is 60.9 Å². The fourth-order valence-corrected chi connectivity index (χ4v) is 2.33. The molecule has 0 atom stereocenters. The molecule has 0 aliphatic heterocycles. The normalized spacial score (nSPS) is 10.8. The van der Waals surface area contributed by atoms with Gasteiger partial charge < -0.3 is 0 Å². The highest BCUT2D eigenvalue weighted by Gasteiger charge is 2.12. The molecule has 3 aromatic heterocycles. The molecular weight excluding hydrogens is 292 g/mol. The van der Waals surface area contributed by atoms with Crippen LogP contribution in [0.2, 0.25) is 0 Å². The topological polar surface area (TPSA) is 88.0 Å². The molecule has 0 radical (unpaired) electrons. The summed E-state index contributed by atoms with van der Waals surface area (Å²) in [6.45, 7) is 0. The van der Waals surface area contributed by atoms with Gasteiger partial charge in [0.05, 0.1) is 11.9 Å². The summed E-state index contributed by atoms with van der Waals surface area (Å²) in [6, 6.07) is 14.6. The van der Waals surface area contributed by atoms with Crippen molar-refractivity contribution in [2.75, 3.05) is 5.32 Å². The van der Waals surface area contributed by atoms with Crippen molar-refractivity contribution in [2.24, 2.45) is 0 Å². The number of hydrogen-bond donors (Lipinski definition) is 2. The van der Waals surface area contributed by atoms with E-state index in [-0.39, 0.29) is 11.9 Å². The quantitative estimate of drug-likeness (QED) is 0.608. The first-order valence-electron chi connectivity index (χ1n) is 7.02. The summed E-state index contributed by atoms with van der Waals surface area (Å²) in [5.74, 6) is 0.0150. The maximum Gasteiger partial charge on any atom is 0.258 e. The van der Waals surface area contributed by atoms with Crippen LogP contribution in [0.1, 0.15) is 10.4 Å². The van der Waals surface area contributed by atoms with Crippen LogP contribution in [0, 0.1) is 0 Å². The summed E-state index contributed by atoms with van der Waals surface area (Å²) in [7, 11) is 0. The number of aromatic nitrogens is 5. The Hall–Kier alpha value is -3.48. The number of pyridine rings is 1. The average molecular weight is 304 g/mol. The molecule has 0 saturated carbocycles. The van der Waals surface area contributed by atoms with E-state index in [0.29, 0.717) is 11.2 Å². The third kappa shape index (κ3) is 2.44. The van der Waals surface area contributed by atoms with Crippen LogP contribution in [0.3, 0.4) is 0 Å². The van der Waals surface area contributed by atoms with Gasteiger partial charge in [0.1, 0.15) is 0 Å². The van der Waals surface area contributed by atoms with E-state index in [2.05, 4.69) is 25.6 Å². The summed E-state index contributed by atoms with van der Waals surface area (Å²) in [6.07, 6.45) is 3.48. The van der Waals surface area contributed by atoms with Crippen LogP contribution in [0.25, 0.3) is 16.9 Å². The van der Waals surface area contributed by atoms with Gasteiger partial charge in [-0.1, -0.05) is 24.3 Å². The lowest BCUT2D eigenvalue weighted by Gasteiger charge is -2.00. The van der Waals surface area contributed by atoms with Crippen LogP contribution in [0.5, 0.6) is 0 Å². The molecule has 0 aliphatic rings. The van der Waals surface area contributed by atoms with Crippen molar-refractivity contribution in [3.8, 4) is 11.3 Å². The summed E-state index contributed by atoms with van der Waals surface area (Å²) < 4.78 is 1.67. The van der Waals surface area contributed by atoms with Crippen molar-refractivity contribution in [3.05, 3.63) is 66.5 Å². The molecule has 4 aromatic rings. The Labute approximate surface area is 131 Å². The molecule has 0 fully saturated rings. The highest BCUT2D eigenvalue weighted by atomic mass is 16.1. The van der Waals surface area contributed by atoms with Gasteiger partial charge in [-0.2, -0.15) is 10.1 Å². The second kappa shape index (κ2) is 5.38. The Morgan fingerprint density at radius 3 is 2.74 bits per heavy atom. The molecule has 3 heterocycles. The molecule has 23 heavy (non-hydrogen) atoms. The van der Waals surface area contributed by atoms with E-state index in [1.165, 1.54) is 0 Å². The average Bonchev–Trinajstić information content (AvgIpc) is 3.24. The molecule has 0 bridgehead atoms. The highest BCUT2D eigenvalue weighted by Crippen LogP contribution is 2.19. The fraction of sp³-hybridized carbons (Fsp3) is 0. The van der Waals surface area contributed by atoms with Gasteiger partial charge in [-0.05, 0) is 24.3 Å². The zero-order valence-corrected chi connectivity index (χ0v) is 12.0. The smallest absolute Gasteiger partial charge is 0.258 e. The minimum atomic E-state index is -0.244. The number of anilines is 1. The Kier molecular flexibility index (Phi) is 3.09. The van der Waals surface area contributed by atoms with Gasteiger partial charge in [0.25, 0.3) is 5.91 Å². The number of aromatic amines is 1. The molecule has 7 heteroatoms. The Balaban J connectivity index is 1.70. The fourth-order valence-electron chi connectivity index (χ4n) is 2.33. The molecular formula is C16H12N6O. The summed E-state index contributed by atoms with van der Waals surface area (Å²) >= 11 is 0. The van der Waals surface area contributed by atoms with Gasteiger partial charge >= 0.3 is 0 Å². The number of nitrogens with one attached hydrogen (secondary N) is 2. The van der Waals surface area contributed by atoms with E-state index in [1.54, 1.807) is 29.0 Å². The molecule has 2 N–H and O–H groups in total. The first kappa shape index (κ1) is 13.2.